The maximum absolute atomic E-state index is 13.4. The Morgan fingerprint density at radius 1 is 0.966 bits per heavy atom. The van der Waals surface area contributed by atoms with Crippen LogP contribution in [-0.4, -0.2) is 55.5 Å². The van der Waals surface area contributed by atoms with Crippen LogP contribution in [0.5, 0.6) is 0 Å². The first-order valence-electron chi connectivity index (χ1n) is 9.80. The van der Waals surface area contributed by atoms with Crippen molar-refractivity contribution in [3.05, 3.63) is 60.2 Å². The van der Waals surface area contributed by atoms with E-state index in [0.717, 1.165) is 28.4 Å². The van der Waals surface area contributed by atoms with Gasteiger partial charge in [0.25, 0.3) is 0 Å². The van der Waals surface area contributed by atoms with E-state index in [0.29, 0.717) is 13.1 Å². The van der Waals surface area contributed by atoms with Crippen molar-refractivity contribution in [3.63, 3.8) is 0 Å². The van der Waals surface area contributed by atoms with Gasteiger partial charge < -0.3 is 9.80 Å². The van der Waals surface area contributed by atoms with Gasteiger partial charge in [-0.05, 0) is 30.2 Å². The Morgan fingerprint density at radius 2 is 1.69 bits per heavy atom. The lowest BCUT2D eigenvalue weighted by atomic mass is 9.67. The summed E-state index contributed by atoms with van der Waals surface area (Å²) in [6.45, 7) is 2.01. The van der Waals surface area contributed by atoms with Crippen LogP contribution in [0.2, 0.25) is 0 Å². The van der Waals surface area contributed by atoms with Crippen molar-refractivity contribution in [1.29, 1.82) is 0 Å². The molecule has 2 saturated heterocycles. The van der Waals surface area contributed by atoms with E-state index >= 15 is 0 Å². The minimum absolute atomic E-state index is 0.287. The van der Waals surface area contributed by atoms with Crippen LogP contribution in [0.1, 0.15) is 5.56 Å². The zero-order chi connectivity index (χ0) is 20.2. The van der Waals surface area contributed by atoms with Gasteiger partial charge in [-0.25, -0.2) is 4.79 Å². The smallest absolute Gasteiger partial charge is 0.330 e. The summed E-state index contributed by atoms with van der Waals surface area (Å²) >= 11 is 0. The molecule has 7 nitrogen and oxygen atoms in total. The molecule has 5 rings (SSSR count). The van der Waals surface area contributed by atoms with Gasteiger partial charge in [-0.1, -0.05) is 36.4 Å². The number of hydrogen-bond donors (Lipinski definition) is 1. The summed E-state index contributed by atoms with van der Waals surface area (Å²) in [5.41, 5.74) is 1.76. The monoisotopic (exact) mass is 390 g/mol. The Labute approximate surface area is 168 Å². The van der Waals surface area contributed by atoms with Crippen LogP contribution >= 0.6 is 0 Å². The number of barbiturate groups is 1. The number of rotatable bonds is 1. The first kappa shape index (κ1) is 17.7. The van der Waals surface area contributed by atoms with E-state index in [9.17, 15) is 14.4 Å². The maximum Gasteiger partial charge on any atom is 0.330 e. The third-order valence-electron chi connectivity index (χ3n) is 6.46. The fraction of sp³-hybridized carbons (Fsp3) is 0.318. The molecule has 0 bridgehead atoms. The van der Waals surface area contributed by atoms with Gasteiger partial charge >= 0.3 is 6.03 Å². The second-order valence-corrected chi connectivity index (χ2v) is 7.89. The quantitative estimate of drug-likeness (QED) is 0.750. The summed E-state index contributed by atoms with van der Waals surface area (Å²) in [6.07, 6.45) is 0.287. The molecule has 3 heterocycles. The molecule has 29 heavy (non-hydrogen) atoms. The van der Waals surface area contributed by atoms with Crippen LogP contribution in [0.3, 0.4) is 0 Å². The maximum atomic E-state index is 13.4. The van der Waals surface area contributed by atoms with E-state index in [1.807, 2.05) is 54.6 Å². The standard InChI is InChI=1S/C22H22N4O3/c1-24-20(28)22(19(27)23-21(24)29)13-15-7-5-6-10-17(15)26-12-11-25(14-18(22)26)16-8-3-2-4-9-16/h2-10,18H,11-14H2,1H3,(H,23,27,29)/t18-,22-/m0/s1. The summed E-state index contributed by atoms with van der Waals surface area (Å²) < 4.78 is 0. The fourth-order valence-electron chi connectivity index (χ4n) is 4.96. The molecular weight excluding hydrogens is 368 g/mol. The number of fused-ring (bicyclic) bond motifs is 4. The van der Waals surface area contributed by atoms with Crippen LogP contribution < -0.4 is 15.1 Å². The number of nitrogens with one attached hydrogen (secondary N) is 1. The summed E-state index contributed by atoms with van der Waals surface area (Å²) in [7, 11) is 1.44. The topological polar surface area (TPSA) is 73.0 Å². The lowest BCUT2D eigenvalue weighted by Crippen LogP contribution is -2.74. The first-order valence-corrected chi connectivity index (χ1v) is 9.80. The molecular formula is C22H22N4O3. The third kappa shape index (κ3) is 2.46. The van der Waals surface area contributed by atoms with Gasteiger partial charge in [0.05, 0.1) is 6.04 Å². The molecule has 7 heteroatoms. The molecule has 2 aromatic carbocycles. The summed E-state index contributed by atoms with van der Waals surface area (Å²) in [6, 6.07) is 16.9. The fourth-order valence-corrected chi connectivity index (χ4v) is 4.96. The number of hydrogen-bond acceptors (Lipinski definition) is 5. The molecule has 4 amide bonds. The van der Waals surface area contributed by atoms with Crippen LogP contribution in [0, 0.1) is 5.41 Å². The Bertz CT molecular complexity index is 1010. The average Bonchev–Trinajstić information content (AvgIpc) is 2.76. The average molecular weight is 390 g/mol. The van der Waals surface area contributed by atoms with Crippen molar-refractivity contribution in [2.45, 2.75) is 12.5 Å². The van der Waals surface area contributed by atoms with Gasteiger partial charge in [0.15, 0.2) is 5.41 Å². The largest absolute Gasteiger partial charge is 0.368 e. The molecule has 2 aromatic rings. The Hall–Kier alpha value is -3.35. The highest BCUT2D eigenvalue weighted by Gasteiger charge is 2.62. The molecule has 2 fully saturated rings. The van der Waals surface area contributed by atoms with E-state index in [1.165, 1.54) is 7.05 Å². The number of benzene rings is 2. The molecule has 0 aromatic heterocycles. The zero-order valence-electron chi connectivity index (χ0n) is 16.2. The Morgan fingerprint density at radius 3 is 2.48 bits per heavy atom. The third-order valence-corrected chi connectivity index (χ3v) is 6.46. The van der Waals surface area contributed by atoms with E-state index in [-0.39, 0.29) is 12.5 Å². The molecule has 0 aliphatic carbocycles. The summed E-state index contributed by atoms with van der Waals surface area (Å²) in [5, 5.41) is 2.42. The second kappa shape index (κ2) is 6.34. The summed E-state index contributed by atoms with van der Waals surface area (Å²) in [4.78, 5) is 44.2. The molecule has 148 valence electrons. The van der Waals surface area contributed by atoms with Crippen LogP contribution in [0.15, 0.2) is 54.6 Å². The highest BCUT2D eigenvalue weighted by atomic mass is 16.2. The number of anilines is 2. The zero-order valence-corrected chi connectivity index (χ0v) is 16.2. The van der Waals surface area contributed by atoms with Gasteiger partial charge in [-0.2, -0.15) is 0 Å². The normalized spacial score (nSPS) is 26.3. The molecule has 1 N–H and O–H groups in total. The molecule has 0 radical (unpaired) electrons. The van der Waals surface area contributed by atoms with Gasteiger partial charge in [0, 0.05) is 38.1 Å². The Balaban J connectivity index is 1.63. The highest BCUT2D eigenvalue weighted by molar-refractivity contribution is 6.20. The predicted octanol–water partition coefficient (Wildman–Crippen LogP) is 1.63. The van der Waals surface area contributed by atoms with Crippen molar-refractivity contribution < 1.29 is 14.4 Å². The number of carbonyl (C=O) groups excluding carboxylic acids is 3. The highest BCUT2D eigenvalue weighted by Crippen LogP contribution is 2.45. The van der Waals surface area contributed by atoms with E-state index in [4.69, 9.17) is 0 Å². The first-order chi connectivity index (χ1) is 14.0. The van der Waals surface area contributed by atoms with E-state index < -0.39 is 23.3 Å². The molecule has 3 aliphatic rings. The van der Waals surface area contributed by atoms with Crippen molar-refractivity contribution in [1.82, 2.24) is 10.2 Å². The number of para-hydroxylation sites is 2. The van der Waals surface area contributed by atoms with E-state index in [1.54, 1.807) is 0 Å². The number of imide groups is 2. The van der Waals surface area contributed by atoms with E-state index in [2.05, 4.69) is 15.1 Å². The minimum atomic E-state index is -1.33. The van der Waals surface area contributed by atoms with Crippen LogP contribution in [0.25, 0.3) is 0 Å². The van der Waals surface area contributed by atoms with Crippen molar-refractivity contribution in [2.75, 3.05) is 36.5 Å². The number of carbonyl (C=O) groups is 3. The molecule has 1 spiro atoms. The van der Waals surface area contributed by atoms with Crippen molar-refractivity contribution in [3.8, 4) is 0 Å². The molecule has 0 unspecified atom stereocenters. The lowest BCUT2D eigenvalue weighted by Gasteiger charge is -2.55. The number of nitrogens with zero attached hydrogens (tertiary/aromatic N) is 3. The predicted molar refractivity (Wildman–Crippen MR) is 109 cm³/mol. The SMILES string of the molecule is CN1C(=O)NC(=O)[C@@]2(Cc3ccccc3N3CCN(c4ccccc4)C[C@H]32)C1=O. The molecule has 0 saturated carbocycles. The van der Waals surface area contributed by atoms with Gasteiger partial charge in [0.1, 0.15) is 0 Å². The summed E-state index contributed by atoms with van der Waals surface area (Å²) in [5.74, 6) is -0.921. The van der Waals surface area contributed by atoms with Gasteiger partial charge in [0.2, 0.25) is 11.8 Å². The number of urea groups is 1. The van der Waals surface area contributed by atoms with Crippen molar-refractivity contribution >= 4 is 29.2 Å². The molecule has 3 aliphatic heterocycles. The minimum Gasteiger partial charge on any atom is -0.368 e. The lowest BCUT2D eigenvalue weighted by molar-refractivity contribution is -0.152. The van der Waals surface area contributed by atoms with Crippen LogP contribution in [-0.2, 0) is 16.0 Å². The molecule has 2 atom stereocenters. The van der Waals surface area contributed by atoms with Gasteiger partial charge in [-0.15, -0.1) is 0 Å². The van der Waals surface area contributed by atoms with Crippen LogP contribution in [0.4, 0.5) is 16.2 Å². The number of amides is 4. The van der Waals surface area contributed by atoms with Crippen molar-refractivity contribution in [2.24, 2.45) is 5.41 Å². The Kier molecular flexibility index (Phi) is 3.87. The second-order valence-electron chi connectivity index (χ2n) is 7.89. The number of piperazine rings is 1. The van der Waals surface area contributed by atoms with Gasteiger partial charge in [-0.3, -0.25) is 19.8 Å².